The summed E-state index contributed by atoms with van der Waals surface area (Å²) in [5.41, 5.74) is 0.660. The largest absolute Gasteiger partial charge is 0.411 e. The van der Waals surface area contributed by atoms with E-state index in [1.54, 1.807) is 6.08 Å². The molecule has 0 heterocycles. The van der Waals surface area contributed by atoms with E-state index in [9.17, 15) is 0 Å². The summed E-state index contributed by atoms with van der Waals surface area (Å²) in [7, 11) is 0. The summed E-state index contributed by atoms with van der Waals surface area (Å²) in [5.74, 6) is 0. The van der Waals surface area contributed by atoms with Gasteiger partial charge < -0.3 is 5.21 Å². The Bertz CT molecular complexity index is 96.7. The van der Waals surface area contributed by atoms with Crippen LogP contribution in [0.15, 0.2) is 17.8 Å². The Hall–Kier alpha value is -0.790. The molecule has 0 unspecified atom stereocenters. The van der Waals surface area contributed by atoms with Crippen LogP contribution in [0.25, 0.3) is 0 Å². The van der Waals surface area contributed by atoms with Crippen molar-refractivity contribution in [2.45, 2.75) is 19.8 Å². The third-order valence-electron chi connectivity index (χ3n) is 0.870. The van der Waals surface area contributed by atoms with Crippen LogP contribution in [-0.4, -0.2) is 10.9 Å². The van der Waals surface area contributed by atoms with Crippen LogP contribution >= 0.6 is 0 Å². The minimum Gasteiger partial charge on any atom is -0.411 e. The highest BCUT2D eigenvalue weighted by atomic mass is 16.4. The molecule has 0 fully saturated rings. The van der Waals surface area contributed by atoms with Gasteiger partial charge in [0, 0.05) is 0 Å². The van der Waals surface area contributed by atoms with Crippen molar-refractivity contribution in [1.82, 2.24) is 0 Å². The van der Waals surface area contributed by atoms with E-state index >= 15 is 0 Å². The maximum atomic E-state index is 8.17. The Morgan fingerprint density at radius 2 is 2.50 bits per heavy atom. The van der Waals surface area contributed by atoms with Crippen LogP contribution in [0.4, 0.5) is 0 Å². The van der Waals surface area contributed by atoms with Crippen molar-refractivity contribution in [2.75, 3.05) is 0 Å². The van der Waals surface area contributed by atoms with E-state index < -0.39 is 0 Å². The Kier molecular flexibility index (Phi) is 3.94. The van der Waals surface area contributed by atoms with Crippen molar-refractivity contribution in [3.05, 3.63) is 12.7 Å². The normalized spacial score (nSPS) is 11.4. The van der Waals surface area contributed by atoms with Crippen LogP contribution in [0, 0.1) is 0 Å². The molecule has 0 saturated heterocycles. The Morgan fingerprint density at radius 3 is 2.62 bits per heavy atom. The highest BCUT2D eigenvalue weighted by Crippen LogP contribution is 1.90. The summed E-state index contributed by atoms with van der Waals surface area (Å²) in [4.78, 5) is 0. The second-order valence-corrected chi connectivity index (χ2v) is 1.55. The van der Waals surface area contributed by atoms with Gasteiger partial charge in [0.25, 0.3) is 0 Å². The van der Waals surface area contributed by atoms with Gasteiger partial charge in [0.2, 0.25) is 0 Å². The Morgan fingerprint density at radius 1 is 1.88 bits per heavy atom. The first-order valence-corrected chi connectivity index (χ1v) is 2.68. The predicted octanol–water partition coefficient (Wildman–Crippen LogP) is 1.80. The molecule has 46 valence electrons. The van der Waals surface area contributed by atoms with E-state index in [0.717, 1.165) is 12.8 Å². The van der Waals surface area contributed by atoms with Crippen LogP contribution in [-0.2, 0) is 0 Å². The van der Waals surface area contributed by atoms with Crippen molar-refractivity contribution in [3.63, 3.8) is 0 Å². The number of nitrogens with zero attached hydrogens (tertiary/aromatic N) is 1. The lowest BCUT2D eigenvalue weighted by Crippen LogP contribution is -1.89. The van der Waals surface area contributed by atoms with E-state index in [2.05, 4.69) is 11.7 Å². The standard InChI is InChI=1S/C6H11NO/c1-3-5-6(4-2)7-8/h4,8H,2-3,5H2,1H3. The number of hydrogen-bond donors (Lipinski definition) is 1. The molecule has 0 saturated carbocycles. The molecule has 0 spiro atoms. The van der Waals surface area contributed by atoms with Crippen molar-refractivity contribution >= 4 is 5.71 Å². The van der Waals surface area contributed by atoms with Gasteiger partial charge in [0.05, 0.1) is 5.71 Å². The Labute approximate surface area is 49.5 Å². The molecule has 0 rings (SSSR count). The second kappa shape index (κ2) is 4.37. The zero-order chi connectivity index (χ0) is 6.41. The van der Waals surface area contributed by atoms with Crippen LogP contribution < -0.4 is 0 Å². The summed E-state index contributed by atoms with van der Waals surface area (Å²) in [6.07, 6.45) is 3.36. The molecule has 0 aliphatic rings. The summed E-state index contributed by atoms with van der Waals surface area (Å²) >= 11 is 0. The second-order valence-electron chi connectivity index (χ2n) is 1.55. The van der Waals surface area contributed by atoms with Crippen molar-refractivity contribution in [2.24, 2.45) is 5.16 Å². The van der Waals surface area contributed by atoms with Gasteiger partial charge in [0.1, 0.15) is 0 Å². The van der Waals surface area contributed by atoms with Gasteiger partial charge in [-0.2, -0.15) is 0 Å². The highest BCUT2D eigenvalue weighted by Gasteiger charge is 1.87. The van der Waals surface area contributed by atoms with Crippen LogP contribution in [0.3, 0.4) is 0 Å². The first-order valence-electron chi connectivity index (χ1n) is 2.68. The molecule has 1 N–H and O–H groups in total. The summed E-state index contributed by atoms with van der Waals surface area (Å²) < 4.78 is 0. The van der Waals surface area contributed by atoms with Gasteiger partial charge in [-0.25, -0.2) is 0 Å². The molecule has 0 aromatic rings. The summed E-state index contributed by atoms with van der Waals surface area (Å²) in [6, 6.07) is 0. The van der Waals surface area contributed by atoms with Gasteiger partial charge in [-0.05, 0) is 12.5 Å². The average Bonchev–Trinajstić information content (AvgIpc) is 1.83. The van der Waals surface area contributed by atoms with Gasteiger partial charge in [-0.15, -0.1) is 0 Å². The smallest absolute Gasteiger partial charge is 0.0789 e. The molecular formula is C6H11NO. The van der Waals surface area contributed by atoms with E-state index in [-0.39, 0.29) is 0 Å². The van der Waals surface area contributed by atoms with Crippen LogP contribution in [0.5, 0.6) is 0 Å². The molecule has 0 radical (unpaired) electrons. The molecule has 0 bridgehead atoms. The van der Waals surface area contributed by atoms with Crippen molar-refractivity contribution in [3.8, 4) is 0 Å². The molecule has 0 aromatic heterocycles. The lowest BCUT2D eigenvalue weighted by atomic mass is 10.2. The first kappa shape index (κ1) is 7.21. The number of hydrogen-bond acceptors (Lipinski definition) is 2. The number of rotatable bonds is 3. The maximum absolute atomic E-state index is 8.17. The summed E-state index contributed by atoms with van der Waals surface area (Å²) in [6.45, 7) is 5.48. The monoisotopic (exact) mass is 113 g/mol. The summed E-state index contributed by atoms with van der Waals surface area (Å²) in [5, 5.41) is 11.2. The van der Waals surface area contributed by atoms with Gasteiger partial charge in [-0.3, -0.25) is 0 Å². The Balaban J connectivity index is 3.54. The van der Waals surface area contributed by atoms with Crippen molar-refractivity contribution in [1.29, 1.82) is 0 Å². The maximum Gasteiger partial charge on any atom is 0.0789 e. The zero-order valence-electron chi connectivity index (χ0n) is 5.09. The number of allylic oxidation sites excluding steroid dienone is 1. The fraction of sp³-hybridized carbons (Fsp3) is 0.500. The average molecular weight is 113 g/mol. The fourth-order valence-corrected chi connectivity index (χ4v) is 0.449. The molecular weight excluding hydrogens is 102 g/mol. The van der Waals surface area contributed by atoms with Crippen molar-refractivity contribution < 1.29 is 5.21 Å². The molecule has 2 heteroatoms. The molecule has 0 aromatic carbocycles. The SMILES string of the molecule is C=CC(CCC)=NO. The third kappa shape index (κ3) is 2.39. The molecule has 0 aliphatic heterocycles. The van der Waals surface area contributed by atoms with E-state index in [0.29, 0.717) is 5.71 Å². The van der Waals surface area contributed by atoms with E-state index in [1.807, 2.05) is 6.92 Å². The van der Waals surface area contributed by atoms with E-state index in [4.69, 9.17) is 5.21 Å². The van der Waals surface area contributed by atoms with Crippen LogP contribution in [0.1, 0.15) is 19.8 Å². The van der Waals surface area contributed by atoms with E-state index in [1.165, 1.54) is 0 Å². The molecule has 0 aliphatic carbocycles. The van der Waals surface area contributed by atoms with Gasteiger partial charge in [-0.1, -0.05) is 25.1 Å². The zero-order valence-corrected chi connectivity index (χ0v) is 5.09. The molecule has 0 atom stereocenters. The minimum atomic E-state index is 0.660. The highest BCUT2D eigenvalue weighted by molar-refractivity contribution is 5.93. The number of oxime groups is 1. The molecule has 2 nitrogen and oxygen atoms in total. The fourth-order valence-electron chi connectivity index (χ4n) is 0.449. The minimum absolute atomic E-state index is 0.660. The molecule has 0 amide bonds. The predicted molar refractivity (Wildman–Crippen MR) is 34.3 cm³/mol. The third-order valence-corrected chi connectivity index (χ3v) is 0.870. The van der Waals surface area contributed by atoms with Gasteiger partial charge in [0.15, 0.2) is 0 Å². The lowest BCUT2D eigenvalue weighted by molar-refractivity contribution is 0.318. The van der Waals surface area contributed by atoms with Crippen LogP contribution in [0.2, 0.25) is 0 Å². The lowest BCUT2D eigenvalue weighted by Gasteiger charge is -1.89. The topological polar surface area (TPSA) is 32.6 Å². The first-order chi connectivity index (χ1) is 3.85. The van der Waals surface area contributed by atoms with Gasteiger partial charge >= 0.3 is 0 Å². The molecule has 8 heavy (non-hydrogen) atoms. The quantitative estimate of drug-likeness (QED) is 0.338.